The van der Waals surface area contributed by atoms with Gasteiger partial charge in [-0.2, -0.15) is 5.01 Å². The smallest absolute Gasteiger partial charge is 0.176 e. The Morgan fingerprint density at radius 2 is 2.00 bits per heavy atom. The molecule has 124 valence electrons. The Labute approximate surface area is 137 Å². The van der Waals surface area contributed by atoms with Crippen molar-refractivity contribution < 1.29 is 19.3 Å². The van der Waals surface area contributed by atoms with Crippen molar-refractivity contribution in [3.8, 4) is 5.75 Å². The van der Waals surface area contributed by atoms with Crippen LogP contribution in [0.25, 0.3) is 16.7 Å². The number of aromatic nitrogens is 2. The van der Waals surface area contributed by atoms with Crippen LogP contribution < -0.4 is 9.91 Å². The highest BCUT2D eigenvalue weighted by Gasteiger charge is 2.32. The van der Waals surface area contributed by atoms with E-state index in [4.69, 9.17) is 14.1 Å². The molecule has 2 aromatic rings. The van der Waals surface area contributed by atoms with Crippen LogP contribution in [0.2, 0.25) is 0 Å². The largest absolute Gasteiger partial charge is 0.603 e. The maximum atomic E-state index is 12.5. The van der Waals surface area contributed by atoms with E-state index >= 15 is 0 Å². The van der Waals surface area contributed by atoms with Gasteiger partial charge >= 0.3 is 0 Å². The van der Waals surface area contributed by atoms with Gasteiger partial charge in [0, 0.05) is 17.7 Å². The van der Waals surface area contributed by atoms with Gasteiger partial charge in [0.15, 0.2) is 12.0 Å². The minimum Gasteiger partial charge on any atom is -0.603 e. The van der Waals surface area contributed by atoms with Crippen LogP contribution in [0.5, 0.6) is 5.75 Å². The second-order valence-corrected chi connectivity index (χ2v) is 6.11. The van der Waals surface area contributed by atoms with Gasteiger partial charge < -0.3 is 14.7 Å². The van der Waals surface area contributed by atoms with Crippen molar-refractivity contribution in [1.82, 2.24) is 15.3 Å². The number of hydrogen-bond donors (Lipinski definition) is 1. The van der Waals surface area contributed by atoms with Crippen molar-refractivity contribution >= 4 is 16.7 Å². The Balaban J connectivity index is 1.84. The minimum atomic E-state index is -0.577. The monoisotopic (exact) mass is 328 g/mol. The second-order valence-electron chi connectivity index (χ2n) is 6.11. The molecule has 0 fully saturated rings. The average molecular weight is 328 g/mol. The van der Waals surface area contributed by atoms with Crippen LogP contribution in [0.3, 0.4) is 0 Å². The van der Waals surface area contributed by atoms with Crippen molar-refractivity contribution in [2.24, 2.45) is 0 Å². The third-order valence-corrected chi connectivity index (χ3v) is 3.87. The Hall–Kier alpha value is -2.84. The Kier molecular flexibility index (Phi) is 3.12. The first-order valence-electron chi connectivity index (χ1n) is 7.42. The summed E-state index contributed by atoms with van der Waals surface area (Å²) in [6, 6.07) is 3.57. The predicted octanol–water partition coefficient (Wildman–Crippen LogP) is 1.35. The molecule has 3 heterocycles. The van der Waals surface area contributed by atoms with Crippen molar-refractivity contribution in [3.63, 3.8) is 0 Å². The molecule has 1 N–H and O–H groups in total. The molecule has 4 rings (SSSR count). The molecule has 24 heavy (non-hydrogen) atoms. The molecule has 2 aliphatic heterocycles. The molecule has 0 amide bonds. The molecule has 0 saturated heterocycles. The number of rotatable bonds is 2. The number of hydrogen-bond acceptors (Lipinski definition) is 7. The first-order valence-corrected chi connectivity index (χ1v) is 7.42. The Morgan fingerprint density at radius 3 is 2.71 bits per heavy atom. The minimum absolute atomic E-state index is 0.192. The van der Waals surface area contributed by atoms with E-state index in [0.29, 0.717) is 22.5 Å². The molecular formula is C16H16N4O4. The fraction of sp³-hybridized carbons (Fsp3) is 0.250. The number of fused-ring (bicyclic) bond motifs is 2. The van der Waals surface area contributed by atoms with E-state index in [-0.39, 0.29) is 5.17 Å². The quantitative estimate of drug-likeness (QED) is 0.833. The molecule has 8 nitrogen and oxygen atoms in total. The molecule has 1 aromatic heterocycles. The van der Waals surface area contributed by atoms with E-state index in [2.05, 4.69) is 10.3 Å². The molecule has 2 aliphatic rings. The zero-order valence-electron chi connectivity index (χ0n) is 13.4. The lowest BCUT2D eigenvalue weighted by Crippen LogP contribution is -3.08. The summed E-state index contributed by atoms with van der Waals surface area (Å²) in [4.78, 5) is 0. The van der Waals surface area contributed by atoms with Crippen LogP contribution in [0.1, 0.15) is 19.4 Å². The fourth-order valence-corrected chi connectivity index (χ4v) is 2.80. The summed E-state index contributed by atoms with van der Waals surface area (Å²) in [6.45, 7) is 3.85. The molecule has 0 spiro atoms. The number of nitrogens with one attached hydrogen (secondary N) is 1. The molecular weight excluding hydrogens is 312 g/mol. The maximum Gasteiger partial charge on any atom is 0.176 e. The number of allylic oxidation sites excluding steroid dienone is 1. The molecule has 8 heteroatoms. The summed E-state index contributed by atoms with van der Waals surface area (Å²) >= 11 is 0. The van der Waals surface area contributed by atoms with Gasteiger partial charge in [-0.15, -0.1) is 0 Å². The molecule has 0 aliphatic carbocycles. The van der Waals surface area contributed by atoms with Gasteiger partial charge in [0.25, 0.3) is 0 Å². The fourth-order valence-electron chi connectivity index (χ4n) is 2.80. The molecule has 1 atom stereocenters. The maximum absolute atomic E-state index is 12.5. The summed E-state index contributed by atoms with van der Waals surface area (Å²) < 4.78 is 15.9. The van der Waals surface area contributed by atoms with Crippen molar-refractivity contribution in [2.75, 3.05) is 7.11 Å². The van der Waals surface area contributed by atoms with Crippen molar-refractivity contribution in [1.29, 1.82) is 0 Å². The van der Waals surface area contributed by atoms with E-state index in [0.717, 1.165) is 11.3 Å². The van der Waals surface area contributed by atoms with Crippen LogP contribution in [0.4, 0.5) is 0 Å². The Morgan fingerprint density at radius 1 is 1.25 bits per heavy atom. The summed E-state index contributed by atoms with van der Waals surface area (Å²) in [6.07, 6.45) is 6.77. The van der Waals surface area contributed by atoms with Crippen LogP contribution in [0.15, 0.2) is 47.1 Å². The summed E-state index contributed by atoms with van der Waals surface area (Å²) in [7, 11) is 1.53. The highest BCUT2D eigenvalue weighted by molar-refractivity contribution is 5.84. The SMILES string of the molecule is COC1=C[NH+]([O-])N(C2=CC(C)(C)Oc3cc4nonc4cc32)C=C1. The molecule has 0 bridgehead atoms. The van der Waals surface area contributed by atoms with E-state index in [1.165, 1.54) is 13.3 Å². The third-order valence-electron chi connectivity index (χ3n) is 3.87. The van der Waals surface area contributed by atoms with E-state index in [1.54, 1.807) is 29.4 Å². The molecule has 1 aromatic carbocycles. The van der Waals surface area contributed by atoms with Gasteiger partial charge in [-0.3, -0.25) is 0 Å². The lowest BCUT2D eigenvalue weighted by Gasteiger charge is -2.38. The summed E-state index contributed by atoms with van der Waals surface area (Å²) in [5.74, 6) is 1.14. The van der Waals surface area contributed by atoms with E-state index < -0.39 is 5.60 Å². The van der Waals surface area contributed by atoms with Gasteiger partial charge in [0.05, 0.1) is 13.3 Å². The standard InChI is InChI=1S/C16H16N4O4/c1-16(2)8-14(19-5-4-10(22-3)9-20(19)21)11-6-12-13(18-24-17-12)7-15(11)23-16/h4-9,20H,1-3H3. The Bertz CT molecular complexity index is 897. The lowest BCUT2D eigenvalue weighted by atomic mass is 9.98. The third kappa shape index (κ3) is 2.32. The van der Waals surface area contributed by atoms with Crippen LogP contribution in [-0.2, 0) is 4.74 Å². The highest BCUT2D eigenvalue weighted by Crippen LogP contribution is 2.39. The zero-order valence-corrected chi connectivity index (χ0v) is 13.4. The van der Waals surface area contributed by atoms with Gasteiger partial charge in [0.1, 0.15) is 28.1 Å². The molecule has 0 saturated carbocycles. The number of quaternary nitrogens is 1. The summed E-state index contributed by atoms with van der Waals surface area (Å²) in [5.41, 5.74) is 2.10. The molecule has 1 unspecified atom stereocenters. The van der Waals surface area contributed by atoms with E-state index in [9.17, 15) is 5.21 Å². The molecule has 0 radical (unpaired) electrons. The highest BCUT2D eigenvalue weighted by atomic mass is 16.6. The second kappa shape index (κ2) is 5.08. The number of hydroxylamine groups is 1. The first kappa shape index (κ1) is 14.7. The number of benzene rings is 1. The van der Waals surface area contributed by atoms with Gasteiger partial charge in [-0.05, 0) is 36.3 Å². The number of methoxy groups -OCH3 is 1. The predicted molar refractivity (Wildman–Crippen MR) is 84.9 cm³/mol. The lowest BCUT2D eigenvalue weighted by molar-refractivity contribution is -0.903. The van der Waals surface area contributed by atoms with Crippen molar-refractivity contribution in [2.45, 2.75) is 19.4 Å². The van der Waals surface area contributed by atoms with Gasteiger partial charge in [0.2, 0.25) is 0 Å². The normalized spacial score (nSPS) is 21.8. The van der Waals surface area contributed by atoms with Gasteiger partial charge in [-0.25, -0.2) is 9.80 Å². The average Bonchev–Trinajstić information content (AvgIpc) is 2.98. The van der Waals surface area contributed by atoms with Crippen molar-refractivity contribution in [3.05, 3.63) is 53.2 Å². The summed E-state index contributed by atoms with van der Waals surface area (Å²) in [5, 5.41) is 21.6. The van der Waals surface area contributed by atoms with Gasteiger partial charge in [-0.1, -0.05) is 0 Å². The van der Waals surface area contributed by atoms with Crippen LogP contribution in [-0.4, -0.2) is 28.0 Å². The zero-order chi connectivity index (χ0) is 16.9. The van der Waals surface area contributed by atoms with E-state index in [1.807, 2.05) is 19.9 Å². The number of ether oxygens (including phenoxy) is 2. The van der Waals surface area contributed by atoms with Crippen LogP contribution in [0, 0.1) is 5.21 Å². The topological polar surface area (TPSA) is 88.1 Å². The number of nitrogens with zero attached hydrogens (tertiary/aromatic N) is 3. The first-order chi connectivity index (χ1) is 11.5. The van der Waals surface area contributed by atoms with Crippen LogP contribution >= 0.6 is 0 Å².